The van der Waals surface area contributed by atoms with Gasteiger partial charge in [-0.3, -0.25) is 4.79 Å². The Labute approximate surface area is 119 Å². The van der Waals surface area contributed by atoms with Crippen LogP contribution in [-0.2, 0) is 21.3 Å². The van der Waals surface area contributed by atoms with Gasteiger partial charge in [0.05, 0.1) is 19.2 Å². The van der Waals surface area contributed by atoms with Crippen molar-refractivity contribution in [1.82, 2.24) is 4.98 Å². The van der Waals surface area contributed by atoms with Crippen LogP contribution in [0.2, 0.25) is 0 Å². The molecule has 0 aliphatic rings. The molecule has 1 rings (SSSR count). The van der Waals surface area contributed by atoms with Crippen molar-refractivity contribution < 1.29 is 18.3 Å². The molecule has 0 fully saturated rings. The highest BCUT2D eigenvalue weighted by Gasteiger charge is 2.20. The molecule has 0 spiro atoms. The number of hydrogen-bond acceptors (Lipinski definition) is 3. The molecule has 1 aromatic rings. The maximum absolute atomic E-state index is 12.9. The van der Waals surface area contributed by atoms with Crippen LogP contribution in [0.3, 0.4) is 0 Å². The first-order chi connectivity index (χ1) is 7.99. The first kappa shape index (κ1) is 14.7. The Hall–Kier alpha value is -0.310. The molecule has 0 N–H and O–H groups in total. The summed E-state index contributed by atoms with van der Waals surface area (Å²) in [5.74, 6) is -0.557. The number of aromatic nitrogens is 1. The van der Waals surface area contributed by atoms with Crippen molar-refractivity contribution in [3.8, 4) is 0 Å². The highest BCUT2D eigenvalue weighted by molar-refractivity contribution is 14.1. The van der Waals surface area contributed by atoms with Gasteiger partial charge in [-0.1, -0.05) is 15.9 Å². The summed E-state index contributed by atoms with van der Waals surface area (Å²) in [5, 5.41) is 0.390. The number of rotatable bonds is 4. The minimum absolute atomic E-state index is 0.163. The molecule has 0 bridgehead atoms. The van der Waals surface area contributed by atoms with E-state index >= 15 is 0 Å². The summed E-state index contributed by atoms with van der Waals surface area (Å²) < 4.78 is 30.6. The van der Waals surface area contributed by atoms with Crippen molar-refractivity contribution in [2.75, 3.05) is 7.11 Å². The number of carbonyl (C=O) groups excluding carboxylic acids is 1. The predicted molar refractivity (Wildman–Crippen MR) is 70.3 cm³/mol. The van der Waals surface area contributed by atoms with E-state index in [9.17, 15) is 13.6 Å². The average molecular weight is 420 g/mol. The van der Waals surface area contributed by atoms with Gasteiger partial charge in [0, 0.05) is 16.5 Å². The van der Waals surface area contributed by atoms with Crippen LogP contribution in [0, 0.1) is 3.70 Å². The van der Waals surface area contributed by atoms with Gasteiger partial charge in [0.15, 0.2) is 0 Å². The summed E-state index contributed by atoms with van der Waals surface area (Å²) in [5.41, 5.74) is 0.583. The zero-order chi connectivity index (χ0) is 13.0. The van der Waals surface area contributed by atoms with Crippen molar-refractivity contribution in [3.05, 3.63) is 26.6 Å². The summed E-state index contributed by atoms with van der Waals surface area (Å²) in [4.78, 5) is 15.3. The second-order valence-electron chi connectivity index (χ2n) is 3.16. The second kappa shape index (κ2) is 6.58. The Bertz CT molecular complexity index is 429. The molecule has 0 aromatic carbocycles. The SMILES string of the molecule is COC(=O)Cc1c(C(F)F)cc(CBr)nc1I. The molecular weight excluding hydrogens is 411 g/mol. The fourth-order valence-corrected chi connectivity index (χ4v) is 2.37. The first-order valence-corrected chi connectivity index (χ1v) is 6.78. The van der Waals surface area contributed by atoms with E-state index in [1.807, 2.05) is 22.6 Å². The molecule has 1 heterocycles. The van der Waals surface area contributed by atoms with E-state index in [0.29, 0.717) is 14.7 Å². The summed E-state index contributed by atoms with van der Waals surface area (Å²) >= 11 is 5.01. The Morgan fingerprint density at radius 2 is 2.29 bits per heavy atom. The summed E-state index contributed by atoms with van der Waals surface area (Å²) in [6.45, 7) is 0. The van der Waals surface area contributed by atoms with Gasteiger partial charge in [0.2, 0.25) is 0 Å². The molecule has 0 saturated heterocycles. The van der Waals surface area contributed by atoms with Crippen LogP contribution < -0.4 is 0 Å². The number of methoxy groups -OCH3 is 1. The zero-order valence-corrected chi connectivity index (χ0v) is 12.6. The molecule has 0 unspecified atom stereocenters. The highest BCUT2D eigenvalue weighted by Crippen LogP contribution is 2.27. The summed E-state index contributed by atoms with van der Waals surface area (Å²) in [6.07, 6.45) is -2.83. The molecule has 94 valence electrons. The van der Waals surface area contributed by atoms with Gasteiger partial charge in [-0.25, -0.2) is 13.8 Å². The van der Waals surface area contributed by atoms with Crippen LogP contribution in [0.4, 0.5) is 8.78 Å². The fourth-order valence-electron chi connectivity index (χ4n) is 1.27. The smallest absolute Gasteiger partial charge is 0.310 e. The molecule has 3 nitrogen and oxygen atoms in total. The monoisotopic (exact) mass is 419 g/mol. The number of pyridine rings is 1. The second-order valence-corrected chi connectivity index (χ2v) is 4.74. The van der Waals surface area contributed by atoms with Gasteiger partial charge in [0.25, 0.3) is 6.43 Å². The number of nitrogens with zero attached hydrogens (tertiary/aromatic N) is 1. The number of ether oxygens (including phenoxy) is 1. The minimum Gasteiger partial charge on any atom is -0.469 e. The van der Waals surface area contributed by atoms with E-state index in [1.54, 1.807) is 0 Å². The predicted octanol–water partition coefficient (Wildman–Crippen LogP) is 3.23. The maximum Gasteiger partial charge on any atom is 0.310 e. The molecule has 7 heteroatoms. The van der Waals surface area contributed by atoms with E-state index < -0.39 is 12.4 Å². The van der Waals surface area contributed by atoms with Gasteiger partial charge in [-0.2, -0.15) is 0 Å². The molecule has 17 heavy (non-hydrogen) atoms. The van der Waals surface area contributed by atoms with Crippen LogP contribution in [0.25, 0.3) is 0 Å². The average Bonchev–Trinajstić information content (AvgIpc) is 2.30. The molecule has 0 atom stereocenters. The van der Waals surface area contributed by atoms with Crippen LogP contribution in [0.15, 0.2) is 6.07 Å². The third-order valence-electron chi connectivity index (χ3n) is 2.08. The zero-order valence-electron chi connectivity index (χ0n) is 8.84. The molecular formula is C10H9BrF2INO2. The van der Waals surface area contributed by atoms with E-state index in [1.165, 1.54) is 13.2 Å². The molecule has 0 saturated carbocycles. The molecule has 0 radical (unpaired) electrons. The molecule has 0 amide bonds. The third-order valence-corrected chi connectivity index (χ3v) is 3.55. The van der Waals surface area contributed by atoms with Crippen molar-refractivity contribution in [2.45, 2.75) is 18.2 Å². The normalized spacial score (nSPS) is 10.7. The van der Waals surface area contributed by atoms with Crippen LogP contribution in [-0.4, -0.2) is 18.1 Å². The van der Waals surface area contributed by atoms with Gasteiger partial charge in [0.1, 0.15) is 3.70 Å². The van der Waals surface area contributed by atoms with Gasteiger partial charge in [-0.05, 0) is 28.7 Å². The van der Waals surface area contributed by atoms with Gasteiger partial charge in [-0.15, -0.1) is 0 Å². The van der Waals surface area contributed by atoms with E-state index in [0.717, 1.165) is 0 Å². The van der Waals surface area contributed by atoms with Crippen LogP contribution in [0.1, 0.15) is 23.2 Å². The Morgan fingerprint density at radius 3 is 2.76 bits per heavy atom. The number of carbonyl (C=O) groups is 1. The summed E-state index contributed by atoms with van der Waals surface area (Å²) in [6, 6.07) is 1.31. The van der Waals surface area contributed by atoms with Crippen LogP contribution in [0.5, 0.6) is 0 Å². The number of halogens is 4. The van der Waals surface area contributed by atoms with Crippen molar-refractivity contribution in [3.63, 3.8) is 0 Å². The lowest BCUT2D eigenvalue weighted by Crippen LogP contribution is -2.11. The lowest BCUT2D eigenvalue weighted by Gasteiger charge is -2.11. The first-order valence-electron chi connectivity index (χ1n) is 4.58. The third kappa shape index (κ3) is 3.84. The molecule has 0 aliphatic heterocycles. The van der Waals surface area contributed by atoms with Crippen molar-refractivity contribution in [2.24, 2.45) is 0 Å². The lowest BCUT2D eigenvalue weighted by molar-refractivity contribution is -0.139. The van der Waals surface area contributed by atoms with E-state index in [4.69, 9.17) is 0 Å². The quantitative estimate of drug-likeness (QED) is 0.325. The topological polar surface area (TPSA) is 39.2 Å². The molecule has 0 aliphatic carbocycles. The number of alkyl halides is 3. The van der Waals surface area contributed by atoms with Crippen LogP contribution >= 0.6 is 38.5 Å². The Kier molecular flexibility index (Phi) is 5.71. The summed E-state index contributed by atoms with van der Waals surface area (Å²) in [7, 11) is 1.22. The highest BCUT2D eigenvalue weighted by atomic mass is 127. The Morgan fingerprint density at radius 1 is 1.65 bits per heavy atom. The Balaban J connectivity index is 3.21. The lowest BCUT2D eigenvalue weighted by atomic mass is 10.1. The number of esters is 1. The number of hydrogen-bond donors (Lipinski definition) is 0. The van der Waals surface area contributed by atoms with Gasteiger partial charge < -0.3 is 4.74 Å². The largest absolute Gasteiger partial charge is 0.469 e. The maximum atomic E-state index is 12.9. The van der Waals surface area contributed by atoms with Crippen molar-refractivity contribution in [1.29, 1.82) is 0 Å². The van der Waals surface area contributed by atoms with Crippen molar-refractivity contribution >= 4 is 44.5 Å². The molecule has 1 aromatic heterocycles. The van der Waals surface area contributed by atoms with E-state index in [-0.39, 0.29) is 17.5 Å². The van der Waals surface area contributed by atoms with E-state index in [2.05, 4.69) is 25.7 Å². The standard InChI is InChI=1S/C10H9BrF2INO2/c1-17-8(16)3-7-6(9(12)13)2-5(4-11)15-10(7)14/h2,9H,3-4H2,1H3. The minimum atomic E-state index is -2.64. The fraction of sp³-hybridized carbons (Fsp3) is 0.400. The van der Waals surface area contributed by atoms with Gasteiger partial charge >= 0.3 is 5.97 Å².